The molecule has 2 saturated carbocycles. The normalized spacial score (nSPS) is 13.8. The molecule has 0 bridgehead atoms. The van der Waals surface area contributed by atoms with Crippen LogP contribution in [0.25, 0.3) is 11.5 Å². The fraction of sp³-hybridized carbons (Fsp3) is 0.317. The molecule has 0 aliphatic heterocycles. The van der Waals surface area contributed by atoms with Crippen LogP contribution in [0.1, 0.15) is 80.0 Å². The Hall–Kier alpha value is -4.44. The lowest BCUT2D eigenvalue weighted by atomic mass is 9.89. The van der Waals surface area contributed by atoms with Crippen molar-refractivity contribution in [1.29, 1.82) is 0 Å². The van der Waals surface area contributed by atoms with Gasteiger partial charge in [0, 0.05) is 11.1 Å². The molecule has 4 heteroatoms. The van der Waals surface area contributed by atoms with Gasteiger partial charge in [-0.2, -0.15) is 0 Å². The molecule has 6 rings (SSSR count). The van der Waals surface area contributed by atoms with Crippen LogP contribution in [-0.4, -0.2) is 13.2 Å². The van der Waals surface area contributed by atoms with Gasteiger partial charge in [-0.3, -0.25) is 0 Å². The van der Waals surface area contributed by atoms with Gasteiger partial charge in [0.25, 0.3) is 0 Å². The highest BCUT2D eigenvalue weighted by Crippen LogP contribution is 2.37. The summed E-state index contributed by atoms with van der Waals surface area (Å²) >= 11 is 0. The zero-order chi connectivity index (χ0) is 30.8. The average molecular weight is 601 g/mol. The van der Waals surface area contributed by atoms with Gasteiger partial charge < -0.3 is 18.9 Å². The Kier molecular flexibility index (Phi) is 10.2. The van der Waals surface area contributed by atoms with Crippen LogP contribution in [-0.2, 0) is 0 Å². The monoisotopic (exact) mass is 600 g/mol. The van der Waals surface area contributed by atoms with Gasteiger partial charge in [0.05, 0.1) is 13.2 Å². The second kappa shape index (κ2) is 15.0. The second-order valence-electron chi connectivity index (χ2n) is 12.2. The first-order valence-corrected chi connectivity index (χ1v) is 16.5. The maximum absolute atomic E-state index is 6.37. The van der Waals surface area contributed by atoms with E-state index in [1.807, 2.05) is 48.5 Å². The summed E-state index contributed by atoms with van der Waals surface area (Å²) < 4.78 is 24.7. The number of unbranched alkanes of at least 4 members (excludes halogenated alkanes) is 2. The summed E-state index contributed by atoms with van der Waals surface area (Å²) in [6.45, 7) is 5.59. The zero-order valence-electron chi connectivity index (χ0n) is 26.6. The van der Waals surface area contributed by atoms with E-state index >= 15 is 0 Å². The van der Waals surface area contributed by atoms with E-state index in [1.165, 1.54) is 35.1 Å². The number of aryl methyl sites for hydroxylation is 2. The molecule has 0 radical (unpaired) electrons. The molecule has 4 nitrogen and oxygen atoms in total. The molecule has 0 N–H and O–H groups in total. The van der Waals surface area contributed by atoms with Crippen LogP contribution in [0.15, 0.2) is 108 Å². The van der Waals surface area contributed by atoms with E-state index in [2.05, 4.69) is 62.4 Å². The molecular weight excluding hydrogens is 556 g/mol. The van der Waals surface area contributed by atoms with Crippen molar-refractivity contribution < 1.29 is 18.9 Å². The summed E-state index contributed by atoms with van der Waals surface area (Å²) in [4.78, 5) is 0. The van der Waals surface area contributed by atoms with Gasteiger partial charge in [0.2, 0.25) is 0 Å². The molecule has 0 unspecified atom stereocenters. The van der Waals surface area contributed by atoms with Crippen molar-refractivity contribution in [2.24, 2.45) is 0 Å². The molecule has 0 atom stereocenters. The molecule has 0 heterocycles. The van der Waals surface area contributed by atoms with Gasteiger partial charge in [0.15, 0.2) is 0 Å². The minimum atomic E-state index is 0.684. The number of allylic oxidation sites excluding steroid dienone is 2. The maximum atomic E-state index is 6.37. The molecule has 2 aliphatic rings. The Bertz CT molecular complexity index is 1460. The van der Waals surface area contributed by atoms with Crippen molar-refractivity contribution in [1.82, 2.24) is 0 Å². The molecule has 0 saturated heterocycles. The molecule has 4 aromatic rings. The lowest BCUT2D eigenvalue weighted by molar-refractivity contribution is 0.279. The number of benzene rings is 4. The van der Waals surface area contributed by atoms with E-state index in [0.717, 1.165) is 90.6 Å². The van der Waals surface area contributed by atoms with Crippen LogP contribution in [0.3, 0.4) is 0 Å². The Morgan fingerprint density at radius 3 is 1.13 bits per heavy atom. The first-order valence-electron chi connectivity index (χ1n) is 16.5. The van der Waals surface area contributed by atoms with Gasteiger partial charge in [-0.25, -0.2) is 0 Å². The lowest BCUT2D eigenvalue weighted by Gasteiger charge is -2.22. The summed E-state index contributed by atoms with van der Waals surface area (Å²) in [6.07, 6.45) is 9.95. The molecule has 2 fully saturated rings. The van der Waals surface area contributed by atoms with Crippen LogP contribution in [0.4, 0.5) is 0 Å². The van der Waals surface area contributed by atoms with Gasteiger partial charge in [-0.05, 0) is 131 Å². The van der Waals surface area contributed by atoms with E-state index in [4.69, 9.17) is 18.9 Å². The van der Waals surface area contributed by atoms with Crippen LogP contribution in [0.5, 0.6) is 23.0 Å². The minimum Gasteiger partial charge on any atom is -0.494 e. The standard InChI is InChI=1S/C41H44O4/c1-30-12-16-34(17-13-30)40(32-8-6-9-32)44-38-24-20-36(21-25-38)42-28-4-3-5-29-43-37-22-26-39(27-23-37)45-41(33-10-7-11-33)35-18-14-31(2)15-19-35/h12-27H,3-11,28-29H2,1-2H3. The lowest BCUT2D eigenvalue weighted by Crippen LogP contribution is -2.07. The third-order valence-electron chi connectivity index (χ3n) is 8.60. The van der Waals surface area contributed by atoms with Crippen molar-refractivity contribution in [3.05, 3.63) is 130 Å². The Morgan fingerprint density at radius 2 is 0.800 bits per heavy atom. The predicted octanol–water partition coefficient (Wildman–Crippen LogP) is 10.9. The van der Waals surface area contributed by atoms with E-state index in [1.54, 1.807) is 0 Å². The fourth-order valence-electron chi connectivity index (χ4n) is 5.45. The summed E-state index contributed by atoms with van der Waals surface area (Å²) in [5.41, 5.74) is 7.61. The molecule has 2 aliphatic carbocycles. The van der Waals surface area contributed by atoms with Crippen LogP contribution in [0, 0.1) is 13.8 Å². The van der Waals surface area contributed by atoms with E-state index in [-0.39, 0.29) is 0 Å². The smallest absolute Gasteiger partial charge is 0.133 e. The number of ether oxygens (including phenoxy) is 4. The van der Waals surface area contributed by atoms with Gasteiger partial charge in [0.1, 0.15) is 34.5 Å². The Balaban J connectivity index is 0.895. The van der Waals surface area contributed by atoms with Crippen molar-refractivity contribution in [3.63, 3.8) is 0 Å². The maximum Gasteiger partial charge on any atom is 0.133 e. The highest BCUT2D eigenvalue weighted by Gasteiger charge is 2.19. The molecular formula is C41H44O4. The van der Waals surface area contributed by atoms with Crippen LogP contribution in [0.2, 0.25) is 0 Å². The summed E-state index contributed by atoms with van der Waals surface area (Å²) in [5, 5.41) is 0. The third-order valence-corrected chi connectivity index (χ3v) is 8.60. The summed E-state index contributed by atoms with van der Waals surface area (Å²) in [6, 6.07) is 33.2. The molecule has 0 aromatic heterocycles. The van der Waals surface area contributed by atoms with Crippen LogP contribution < -0.4 is 18.9 Å². The number of hydrogen-bond donors (Lipinski definition) is 0. The predicted molar refractivity (Wildman–Crippen MR) is 183 cm³/mol. The highest BCUT2D eigenvalue weighted by atomic mass is 16.5. The van der Waals surface area contributed by atoms with Crippen LogP contribution >= 0.6 is 0 Å². The van der Waals surface area contributed by atoms with Gasteiger partial charge in [-0.1, -0.05) is 59.7 Å². The fourth-order valence-corrected chi connectivity index (χ4v) is 5.45. The van der Waals surface area contributed by atoms with Crippen molar-refractivity contribution in [3.8, 4) is 23.0 Å². The highest BCUT2D eigenvalue weighted by molar-refractivity contribution is 5.67. The van der Waals surface area contributed by atoms with E-state index in [0.29, 0.717) is 13.2 Å². The topological polar surface area (TPSA) is 36.9 Å². The number of hydrogen-bond acceptors (Lipinski definition) is 4. The quantitative estimate of drug-likeness (QED) is 0.107. The first-order chi connectivity index (χ1) is 22.1. The Morgan fingerprint density at radius 1 is 0.444 bits per heavy atom. The summed E-state index contributed by atoms with van der Waals surface area (Å²) in [7, 11) is 0. The van der Waals surface area contributed by atoms with E-state index < -0.39 is 0 Å². The largest absolute Gasteiger partial charge is 0.494 e. The minimum absolute atomic E-state index is 0.684. The first kappa shape index (κ1) is 30.6. The van der Waals surface area contributed by atoms with Gasteiger partial charge in [-0.15, -0.1) is 0 Å². The van der Waals surface area contributed by atoms with Crippen molar-refractivity contribution in [2.75, 3.05) is 13.2 Å². The average Bonchev–Trinajstić information content (AvgIpc) is 3.00. The number of rotatable bonds is 14. The zero-order valence-corrected chi connectivity index (χ0v) is 26.6. The molecule has 0 amide bonds. The molecule has 4 aromatic carbocycles. The molecule has 0 spiro atoms. The van der Waals surface area contributed by atoms with E-state index in [9.17, 15) is 0 Å². The molecule has 45 heavy (non-hydrogen) atoms. The second-order valence-corrected chi connectivity index (χ2v) is 12.2. The summed E-state index contributed by atoms with van der Waals surface area (Å²) in [5.74, 6) is 5.44. The molecule has 232 valence electrons. The van der Waals surface area contributed by atoms with Crippen molar-refractivity contribution in [2.45, 2.75) is 71.6 Å². The third kappa shape index (κ3) is 8.39. The Labute approximate surface area is 268 Å². The van der Waals surface area contributed by atoms with Crippen molar-refractivity contribution >= 4 is 11.5 Å². The SMILES string of the molecule is Cc1ccc(C(Oc2ccc(OCCCCCOc3ccc(OC(=C4CCC4)c4ccc(C)cc4)cc3)cc2)=C2CCC2)cc1. The van der Waals surface area contributed by atoms with Gasteiger partial charge >= 0.3 is 0 Å².